The van der Waals surface area contributed by atoms with Crippen LogP contribution in [0.4, 0.5) is 10.1 Å². The Labute approximate surface area is 204 Å². The molecule has 2 aromatic rings. The molecular formula is C24H26BrFN4O4. The summed E-state index contributed by atoms with van der Waals surface area (Å²) >= 11 is 3.30. The highest BCUT2D eigenvalue weighted by Crippen LogP contribution is 2.39. The highest BCUT2D eigenvalue weighted by Gasteiger charge is 2.32. The first-order valence-corrected chi connectivity index (χ1v) is 12.1. The topological polar surface area (TPSA) is 97.9 Å². The van der Waals surface area contributed by atoms with Crippen LogP contribution in [0.15, 0.2) is 16.6 Å². The summed E-state index contributed by atoms with van der Waals surface area (Å²) in [7, 11) is 0. The highest BCUT2D eigenvalue weighted by atomic mass is 79.9. The number of aliphatic hydroxyl groups is 1. The van der Waals surface area contributed by atoms with E-state index in [4.69, 9.17) is 4.74 Å². The van der Waals surface area contributed by atoms with E-state index in [9.17, 15) is 19.1 Å². The Morgan fingerprint density at radius 1 is 1.24 bits per heavy atom. The fraction of sp³-hybridized carbons (Fsp3) is 0.417. The van der Waals surface area contributed by atoms with Crippen molar-refractivity contribution < 1.29 is 23.8 Å². The van der Waals surface area contributed by atoms with Gasteiger partial charge in [-0.05, 0) is 46.6 Å². The minimum atomic E-state index is -0.642. The number of aromatic nitrogens is 1. The molecule has 5 rings (SSSR count). The molecule has 34 heavy (non-hydrogen) atoms. The highest BCUT2D eigenvalue weighted by molar-refractivity contribution is 9.10. The number of hydrogen-bond acceptors (Lipinski definition) is 5. The van der Waals surface area contributed by atoms with Crippen LogP contribution in [-0.4, -0.2) is 83.7 Å². The van der Waals surface area contributed by atoms with Gasteiger partial charge in [0.15, 0.2) is 0 Å². The zero-order valence-electron chi connectivity index (χ0n) is 18.8. The van der Waals surface area contributed by atoms with E-state index >= 15 is 0 Å². The summed E-state index contributed by atoms with van der Waals surface area (Å²) in [5.74, 6) is -0.907. The lowest BCUT2D eigenvalue weighted by molar-refractivity contribution is -0.110. The van der Waals surface area contributed by atoms with Crippen molar-refractivity contribution in [3.63, 3.8) is 0 Å². The van der Waals surface area contributed by atoms with Crippen LogP contribution in [0.1, 0.15) is 32.9 Å². The summed E-state index contributed by atoms with van der Waals surface area (Å²) in [5.41, 5.74) is 4.11. The molecule has 0 saturated carbocycles. The predicted octanol–water partition coefficient (Wildman–Crippen LogP) is 2.41. The standard InChI is InChI=1S/C24H26BrFN4O4/c1-13-20(10-17-16-8-14(26)9-18(25)22(16)28-23(17)32)27-19-2-3-30(24(33)21(13)19)12-15(31)11-29-4-6-34-7-5-29/h8-10,15,27,31H,2-7,11-12H2,1H3,(H,28,32)/t15-/m0/s1. The number of amides is 2. The van der Waals surface area contributed by atoms with Gasteiger partial charge in [-0.1, -0.05) is 0 Å². The maximum atomic E-state index is 14.0. The molecule has 180 valence electrons. The van der Waals surface area contributed by atoms with Gasteiger partial charge in [0, 0.05) is 60.6 Å². The fourth-order valence-electron chi connectivity index (χ4n) is 4.88. The van der Waals surface area contributed by atoms with Gasteiger partial charge in [-0.15, -0.1) is 0 Å². The van der Waals surface area contributed by atoms with Gasteiger partial charge in [0.2, 0.25) is 0 Å². The van der Waals surface area contributed by atoms with Crippen molar-refractivity contribution in [1.82, 2.24) is 14.8 Å². The minimum absolute atomic E-state index is 0.134. The molecule has 10 heteroatoms. The summed E-state index contributed by atoms with van der Waals surface area (Å²) in [5, 5.41) is 13.3. The van der Waals surface area contributed by atoms with Gasteiger partial charge in [-0.3, -0.25) is 14.5 Å². The lowest BCUT2D eigenvalue weighted by Gasteiger charge is -2.32. The van der Waals surface area contributed by atoms with Crippen molar-refractivity contribution in [2.75, 3.05) is 51.3 Å². The van der Waals surface area contributed by atoms with Crippen molar-refractivity contribution in [1.29, 1.82) is 0 Å². The van der Waals surface area contributed by atoms with Crippen molar-refractivity contribution in [3.05, 3.63) is 50.5 Å². The van der Waals surface area contributed by atoms with Crippen molar-refractivity contribution in [2.24, 2.45) is 0 Å². The van der Waals surface area contributed by atoms with Crippen LogP contribution >= 0.6 is 15.9 Å². The lowest BCUT2D eigenvalue weighted by Crippen LogP contribution is -2.47. The molecule has 0 spiro atoms. The molecule has 0 radical (unpaired) electrons. The van der Waals surface area contributed by atoms with Gasteiger partial charge in [-0.25, -0.2) is 4.39 Å². The van der Waals surface area contributed by atoms with E-state index in [0.717, 1.165) is 24.3 Å². The number of aromatic amines is 1. The smallest absolute Gasteiger partial charge is 0.256 e. The second kappa shape index (κ2) is 9.26. The molecule has 3 aliphatic rings. The molecule has 0 aliphatic carbocycles. The number of carbonyl (C=O) groups excluding carboxylic acids is 2. The minimum Gasteiger partial charge on any atom is -0.390 e. The zero-order chi connectivity index (χ0) is 24.0. The Balaban J connectivity index is 1.37. The number of carbonyl (C=O) groups is 2. The number of β-amino-alcohol motifs (C(OH)–C–C–N with tert-alkyl or cyclic N) is 1. The predicted molar refractivity (Wildman–Crippen MR) is 129 cm³/mol. The first kappa shape index (κ1) is 23.2. The molecule has 8 nitrogen and oxygen atoms in total. The van der Waals surface area contributed by atoms with Crippen LogP contribution in [0, 0.1) is 12.7 Å². The molecular weight excluding hydrogens is 507 g/mol. The molecule has 1 aromatic heterocycles. The second-order valence-electron chi connectivity index (χ2n) is 8.91. The van der Waals surface area contributed by atoms with E-state index in [2.05, 4.69) is 31.1 Å². The number of hydrogen-bond donors (Lipinski definition) is 3. The fourth-order valence-corrected chi connectivity index (χ4v) is 5.41. The Hall–Kier alpha value is -2.53. The van der Waals surface area contributed by atoms with Crippen LogP contribution < -0.4 is 5.32 Å². The third-order valence-electron chi connectivity index (χ3n) is 6.62. The van der Waals surface area contributed by atoms with Crippen molar-refractivity contribution in [2.45, 2.75) is 19.4 Å². The monoisotopic (exact) mass is 532 g/mol. The first-order chi connectivity index (χ1) is 16.3. The molecule has 1 saturated heterocycles. The average molecular weight is 533 g/mol. The number of benzene rings is 1. The Bertz CT molecular complexity index is 1190. The van der Waals surface area contributed by atoms with Gasteiger partial charge >= 0.3 is 0 Å². The number of rotatable bonds is 5. The molecule has 3 N–H and O–H groups in total. The molecule has 1 fully saturated rings. The van der Waals surface area contributed by atoms with Crippen LogP contribution in [0.25, 0.3) is 11.6 Å². The summed E-state index contributed by atoms with van der Waals surface area (Å²) < 4.78 is 19.8. The molecule has 3 aliphatic heterocycles. The number of halogens is 2. The largest absolute Gasteiger partial charge is 0.390 e. The normalized spacial score (nSPS) is 20.5. The molecule has 0 bridgehead atoms. The number of nitrogens with one attached hydrogen (secondary N) is 2. The van der Waals surface area contributed by atoms with E-state index in [0.29, 0.717) is 65.3 Å². The second-order valence-corrected chi connectivity index (χ2v) is 9.76. The number of aliphatic hydroxyl groups excluding tert-OH is 1. The van der Waals surface area contributed by atoms with Crippen molar-refractivity contribution >= 4 is 45.1 Å². The number of fused-ring (bicyclic) bond motifs is 2. The number of anilines is 1. The van der Waals surface area contributed by atoms with Gasteiger partial charge in [0.25, 0.3) is 11.8 Å². The Kier molecular flexibility index (Phi) is 6.32. The van der Waals surface area contributed by atoms with E-state index < -0.39 is 11.9 Å². The van der Waals surface area contributed by atoms with Crippen LogP contribution in [0.5, 0.6) is 0 Å². The van der Waals surface area contributed by atoms with E-state index in [1.54, 1.807) is 11.0 Å². The zero-order valence-corrected chi connectivity index (χ0v) is 20.4. The molecule has 2 amide bonds. The summed E-state index contributed by atoms with van der Waals surface area (Å²) in [6.07, 6.45) is 1.65. The third-order valence-corrected chi connectivity index (χ3v) is 7.25. The molecule has 0 unspecified atom stereocenters. The van der Waals surface area contributed by atoms with Crippen LogP contribution in [-0.2, 0) is 16.0 Å². The molecule has 1 atom stereocenters. The van der Waals surface area contributed by atoms with Gasteiger partial charge in [0.05, 0.1) is 36.1 Å². The maximum absolute atomic E-state index is 14.0. The SMILES string of the molecule is Cc1c(C=C2C(=O)Nc3c(Br)cc(F)cc32)[nH]c2c1C(=O)N(C[C@@H](O)CN1CCOCC1)CC2. The average Bonchev–Trinajstić information content (AvgIpc) is 3.28. The lowest BCUT2D eigenvalue weighted by atomic mass is 10.0. The third kappa shape index (κ3) is 4.31. The van der Waals surface area contributed by atoms with E-state index in [-0.39, 0.29) is 18.4 Å². The number of nitrogens with zero attached hydrogens (tertiary/aromatic N) is 2. The summed E-state index contributed by atoms with van der Waals surface area (Å²) in [6, 6.07) is 2.63. The number of morpholine rings is 1. The van der Waals surface area contributed by atoms with Crippen LogP contribution in [0.3, 0.4) is 0 Å². The molecule has 1 aromatic carbocycles. The number of ether oxygens (including phenoxy) is 1. The Morgan fingerprint density at radius 2 is 2.00 bits per heavy atom. The quantitative estimate of drug-likeness (QED) is 0.513. The number of H-pyrrole nitrogens is 1. The van der Waals surface area contributed by atoms with Gasteiger partial charge < -0.3 is 25.0 Å². The van der Waals surface area contributed by atoms with Crippen molar-refractivity contribution in [3.8, 4) is 0 Å². The van der Waals surface area contributed by atoms with E-state index in [1.807, 2.05) is 6.92 Å². The first-order valence-electron chi connectivity index (χ1n) is 11.3. The Morgan fingerprint density at radius 3 is 2.76 bits per heavy atom. The van der Waals surface area contributed by atoms with E-state index in [1.165, 1.54) is 12.1 Å². The maximum Gasteiger partial charge on any atom is 0.256 e. The van der Waals surface area contributed by atoms with Gasteiger partial charge in [-0.2, -0.15) is 0 Å². The molecule has 4 heterocycles. The summed E-state index contributed by atoms with van der Waals surface area (Å²) in [6.45, 7) is 5.98. The summed E-state index contributed by atoms with van der Waals surface area (Å²) in [4.78, 5) is 33.0. The van der Waals surface area contributed by atoms with Gasteiger partial charge in [0.1, 0.15) is 5.82 Å². The van der Waals surface area contributed by atoms with Crippen LogP contribution in [0.2, 0.25) is 0 Å².